The van der Waals surface area contributed by atoms with Gasteiger partial charge in [0.2, 0.25) is 5.91 Å². The number of hydrogen-bond acceptors (Lipinski definition) is 5. The zero-order valence-corrected chi connectivity index (χ0v) is 14.5. The molecule has 0 saturated carbocycles. The molecule has 0 bridgehead atoms. The zero-order chi connectivity index (χ0) is 18.6. The Morgan fingerprint density at radius 2 is 2.04 bits per heavy atom. The van der Waals surface area contributed by atoms with Gasteiger partial charge in [-0.3, -0.25) is 9.59 Å². The molecule has 0 unspecified atom stereocenters. The summed E-state index contributed by atoms with van der Waals surface area (Å²) in [6, 6.07) is 3.44. The number of nitrogens with one attached hydrogen (secondary N) is 2. The summed E-state index contributed by atoms with van der Waals surface area (Å²) in [7, 11) is 0. The molecule has 0 atom stereocenters. The number of carbonyl (C=O) groups excluding carboxylic acids is 2. The van der Waals surface area contributed by atoms with Gasteiger partial charge in [0.1, 0.15) is 5.78 Å². The quantitative estimate of drug-likeness (QED) is 0.785. The summed E-state index contributed by atoms with van der Waals surface area (Å²) in [4.78, 5) is 26.6. The van der Waals surface area contributed by atoms with Gasteiger partial charge in [-0.1, -0.05) is 11.6 Å². The van der Waals surface area contributed by atoms with Gasteiger partial charge in [0.05, 0.1) is 29.2 Å². The summed E-state index contributed by atoms with van der Waals surface area (Å²) in [5, 5.41) is 6.74. The maximum atomic E-state index is 12.9. The highest BCUT2D eigenvalue weighted by atomic mass is 35.5. The number of alkyl halides is 3. The summed E-state index contributed by atoms with van der Waals surface area (Å²) >= 11 is 6.71. The van der Waals surface area contributed by atoms with E-state index in [9.17, 15) is 22.8 Å². The Hall–Kier alpha value is -2.13. The molecule has 0 spiro atoms. The molecule has 1 aromatic carbocycles. The van der Waals surface area contributed by atoms with E-state index in [0.717, 1.165) is 23.5 Å². The first-order valence-corrected chi connectivity index (χ1v) is 8.25. The Morgan fingerprint density at radius 3 is 2.68 bits per heavy atom. The number of amides is 1. The van der Waals surface area contributed by atoms with Gasteiger partial charge in [0, 0.05) is 11.1 Å². The van der Waals surface area contributed by atoms with Crippen molar-refractivity contribution < 1.29 is 22.8 Å². The lowest BCUT2D eigenvalue weighted by Crippen LogP contribution is -2.29. The van der Waals surface area contributed by atoms with E-state index in [2.05, 4.69) is 15.6 Å². The summed E-state index contributed by atoms with van der Waals surface area (Å²) in [6.07, 6.45) is -4.59. The van der Waals surface area contributed by atoms with E-state index in [4.69, 9.17) is 11.6 Å². The smallest absolute Gasteiger partial charge is 0.349 e. The first-order valence-electron chi connectivity index (χ1n) is 6.99. The third kappa shape index (κ3) is 5.71. The van der Waals surface area contributed by atoms with E-state index >= 15 is 0 Å². The van der Waals surface area contributed by atoms with E-state index in [1.165, 1.54) is 13.0 Å². The summed E-state index contributed by atoms with van der Waals surface area (Å²) in [5.41, 5.74) is -0.322. The van der Waals surface area contributed by atoms with Crippen LogP contribution >= 0.6 is 22.9 Å². The minimum atomic E-state index is -4.56. The van der Waals surface area contributed by atoms with Crippen LogP contribution in [0.25, 0.3) is 0 Å². The Morgan fingerprint density at radius 1 is 1.32 bits per heavy atom. The molecule has 5 nitrogen and oxygen atoms in total. The zero-order valence-electron chi connectivity index (χ0n) is 12.9. The van der Waals surface area contributed by atoms with Crippen LogP contribution in [0.3, 0.4) is 0 Å². The van der Waals surface area contributed by atoms with Crippen molar-refractivity contribution in [3.8, 4) is 0 Å². The van der Waals surface area contributed by atoms with Crippen molar-refractivity contribution >= 4 is 45.4 Å². The normalized spacial score (nSPS) is 11.2. The number of thiazole rings is 1. The number of Topliss-reactive ketones (excluding diaryl/α,β-unsaturated/α-hetero) is 1. The first kappa shape index (κ1) is 19.2. The van der Waals surface area contributed by atoms with Crippen LogP contribution in [-0.4, -0.2) is 23.2 Å². The topological polar surface area (TPSA) is 71.1 Å². The molecule has 1 heterocycles. The SMILES string of the molecule is CC(=O)CNC(=O)Cc1csc(Nc2ccc(Cl)c(C(F)(F)F)c2)n1. The van der Waals surface area contributed by atoms with Crippen LogP contribution in [-0.2, 0) is 22.2 Å². The fraction of sp³-hybridized carbons (Fsp3) is 0.267. The number of nitrogens with zero attached hydrogens (tertiary/aromatic N) is 1. The molecule has 0 saturated heterocycles. The van der Waals surface area contributed by atoms with Crippen molar-refractivity contribution in [2.24, 2.45) is 0 Å². The standard InChI is InChI=1S/C15H13ClF3N3O2S/c1-8(23)6-20-13(24)5-10-7-25-14(22-10)21-9-2-3-12(16)11(4-9)15(17,18)19/h2-4,7H,5-6H2,1H3,(H,20,24)(H,21,22). The molecule has 1 amide bonds. The van der Waals surface area contributed by atoms with Gasteiger partial charge in [-0.25, -0.2) is 4.98 Å². The largest absolute Gasteiger partial charge is 0.417 e. The molecule has 25 heavy (non-hydrogen) atoms. The third-order valence-electron chi connectivity index (χ3n) is 2.95. The molecule has 0 aliphatic carbocycles. The number of halogens is 4. The highest BCUT2D eigenvalue weighted by Crippen LogP contribution is 2.36. The van der Waals surface area contributed by atoms with Gasteiger partial charge < -0.3 is 10.6 Å². The molecule has 2 aromatic rings. The fourth-order valence-electron chi connectivity index (χ4n) is 1.84. The fourth-order valence-corrected chi connectivity index (χ4v) is 2.79. The van der Waals surface area contributed by atoms with Crippen molar-refractivity contribution in [2.45, 2.75) is 19.5 Å². The Kier molecular flexibility index (Phi) is 6.02. The maximum Gasteiger partial charge on any atom is 0.417 e. The molecule has 0 radical (unpaired) electrons. The number of rotatable bonds is 6. The molecule has 0 aliphatic heterocycles. The molecule has 10 heteroatoms. The van der Waals surface area contributed by atoms with E-state index < -0.39 is 11.7 Å². The molecule has 134 valence electrons. The number of hydrogen-bond donors (Lipinski definition) is 2. The average molecular weight is 392 g/mol. The Labute approximate surface area is 150 Å². The molecule has 0 aliphatic rings. The predicted octanol–water partition coefficient (Wildman–Crippen LogP) is 3.81. The predicted molar refractivity (Wildman–Crippen MR) is 89.2 cm³/mol. The van der Waals surface area contributed by atoms with Crippen LogP contribution in [0.15, 0.2) is 23.6 Å². The highest BCUT2D eigenvalue weighted by Gasteiger charge is 2.33. The van der Waals surface area contributed by atoms with Gasteiger partial charge in [-0.2, -0.15) is 13.2 Å². The number of anilines is 2. The van der Waals surface area contributed by atoms with E-state index in [-0.39, 0.29) is 35.4 Å². The van der Waals surface area contributed by atoms with Crippen LogP contribution in [0.1, 0.15) is 18.2 Å². The van der Waals surface area contributed by atoms with Crippen molar-refractivity contribution in [1.82, 2.24) is 10.3 Å². The van der Waals surface area contributed by atoms with Crippen molar-refractivity contribution in [3.63, 3.8) is 0 Å². The third-order valence-corrected chi connectivity index (χ3v) is 4.09. The molecule has 2 N–H and O–H groups in total. The van der Waals surface area contributed by atoms with Gasteiger partial charge in [-0.05, 0) is 25.1 Å². The Balaban J connectivity index is 2.04. The minimum absolute atomic E-state index is 0.0279. The van der Waals surface area contributed by atoms with Crippen LogP contribution in [0.2, 0.25) is 5.02 Å². The summed E-state index contributed by atoms with van der Waals surface area (Å²) < 4.78 is 38.6. The second kappa shape index (κ2) is 7.83. The minimum Gasteiger partial charge on any atom is -0.349 e. The van der Waals surface area contributed by atoms with Gasteiger partial charge >= 0.3 is 6.18 Å². The first-order chi connectivity index (χ1) is 11.6. The molecule has 0 fully saturated rings. The van der Waals surface area contributed by atoms with E-state index in [1.54, 1.807) is 5.38 Å². The van der Waals surface area contributed by atoms with Gasteiger partial charge in [0.15, 0.2) is 5.13 Å². The lowest BCUT2D eigenvalue weighted by atomic mass is 10.2. The monoisotopic (exact) mass is 391 g/mol. The average Bonchev–Trinajstić information content (AvgIpc) is 2.93. The lowest BCUT2D eigenvalue weighted by Gasteiger charge is -2.11. The lowest BCUT2D eigenvalue weighted by molar-refractivity contribution is -0.137. The highest BCUT2D eigenvalue weighted by molar-refractivity contribution is 7.13. The van der Waals surface area contributed by atoms with E-state index in [1.807, 2.05) is 0 Å². The summed E-state index contributed by atoms with van der Waals surface area (Å²) in [5.74, 6) is -0.532. The van der Waals surface area contributed by atoms with Gasteiger partial charge in [-0.15, -0.1) is 11.3 Å². The molecule has 1 aromatic heterocycles. The van der Waals surface area contributed by atoms with Gasteiger partial charge in [0.25, 0.3) is 0 Å². The van der Waals surface area contributed by atoms with Crippen LogP contribution < -0.4 is 10.6 Å². The second-order valence-corrected chi connectivity index (χ2v) is 6.38. The number of benzene rings is 1. The maximum absolute atomic E-state index is 12.9. The van der Waals surface area contributed by atoms with Crippen molar-refractivity contribution in [3.05, 3.63) is 39.9 Å². The molecular formula is C15H13ClF3N3O2S. The number of aromatic nitrogens is 1. The van der Waals surface area contributed by atoms with E-state index in [0.29, 0.717) is 10.8 Å². The molecule has 2 rings (SSSR count). The van der Waals surface area contributed by atoms with Crippen LogP contribution in [0.5, 0.6) is 0 Å². The number of ketones is 1. The molecular weight excluding hydrogens is 379 g/mol. The van der Waals surface area contributed by atoms with Crippen molar-refractivity contribution in [1.29, 1.82) is 0 Å². The Bertz CT molecular complexity index is 793. The van der Waals surface area contributed by atoms with Crippen molar-refractivity contribution in [2.75, 3.05) is 11.9 Å². The summed E-state index contributed by atoms with van der Waals surface area (Å²) in [6.45, 7) is 1.30. The number of carbonyl (C=O) groups is 2. The van der Waals surface area contributed by atoms with Crippen LogP contribution in [0, 0.1) is 0 Å². The second-order valence-electron chi connectivity index (χ2n) is 5.12. The van der Waals surface area contributed by atoms with Crippen LogP contribution in [0.4, 0.5) is 24.0 Å².